The number of benzene rings is 2. The molecule has 2 rings (SSSR count). The summed E-state index contributed by atoms with van der Waals surface area (Å²) in [6, 6.07) is 8.66. The van der Waals surface area contributed by atoms with Crippen molar-refractivity contribution in [1.29, 1.82) is 5.26 Å². The van der Waals surface area contributed by atoms with Crippen LogP contribution in [0, 0.1) is 23.0 Å². The first-order chi connectivity index (χ1) is 9.93. The van der Waals surface area contributed by atoms with Crippen molar-refractivity contribution in [2.45, 2.75) is 5.92 Å². The summed E-state index contributed by atoms with van der Waals surface area (Å²) < 4.78 is 26.4. The smallest absolute Gasteiger partial charge is 0.184 e. The molecule has 0 spiro atoms. The van der Waals surface area contributed by atoms with E-state index in [1.165, 1.54) is 18.2 Å². The summed E-state index contributed by atoms with van der Waals surface area (Å²) in [7, 11) is 0. The van der Waals surface area contributed by atoms with Crippen molar-refractivity contribution in [3.8, 4) is 6.07 Å². The molecule has 0 fully saturated rings. The molecule has 1 unspecified atom stereocenters. The van der Waals surface area contributed by atoms with Gasteiger partial charge in [-0.05, 0) is 35.9 Å². The SMILES string of the molecule is N#CC(C(=O)c1ccc(Cl)c(F)c1)c1ccc(F)cc1Cl. The highest BCUT2D eigenvalue weighted by molar-refractivity contribution is 6.32. The predicted molar refractivity (Wildman–Crippen MR) is 75.5 cm³/mol. The van der Waals surface area contributed by atoms with E-state index in [0.29, 0.717) is 0 Å². The number of nitriles is 1. The third-order valence-corrected chi connectivity index (χ3v) is 3.50. The standard InChI is InChI=1S/C15H7Cl2F2NO/c16-12-4-1-8(5-14(12)19)15(21)11(7-20)10-3-2-9(18)6-13(10)17/h1-6,11H. The lowest BCUT2D eigenvalue weighted by atomic mass is 9.92. The Morgan fingerprint density at radius 3 is 2.38 bits per heavy atom. The van der Waals surface area contributed by atoms with E-state index >= 15 is 0 Å². The number of carbonyl (C=O) groups excluding carboxylic acids is 1. The fourth-order valence-electron chi connectivity index (χ4n) is 1.82. The molecular weight excluding hydrogens is 319 g/mol. The van der Waals surface area contributed by atoms with E-state index < -0.39 is 23.3 Å². The Morgan fingerprint density at radius 1 is 1.10 bits per heavy atom. The van der Waals surface area contributed by atoms with E-state index in [2.05, 4.69) is 0 Å². The van der Waals surface area contributed by atoms with E-state index in [0.717, 1.165) is 18.2 Å². The monoisotopic (exact) mass is 325 g/mol. The molecule has 0 heterocycles. The average Bonchev–Trinajstić information content (AvgIpc) is 2.44. The van der Waals surface area contributed by atoms with Crippen molar-refractivity contribution in [1.82, 2.24) is 0 Å². The molecule has 0 bridgehead atoms. The molecule has 0 amide bonds. The van der Waals surface area contributed by atoms with Gasteiger partial charge in [0.05, 0.1) is 11.1 Å². The molecule has 21 heavy (non-hydrogen) atoms. The molecule has 0 radical (unpaired) electrons. The van der Waals surface area contributed by atoms with Crippen LogP contribution in [0.1, 0.15) is 21.8 Å². The number of rotatable bonds is 3. The van der Waals surface area contributed by atoms with Crippen molar-refractivity contribution < 1.29 is 13.6 Å². The Morgan fingerprint density at radius 2 is 1.81 bits per heavy atom. The van der Waals surface area contributed by atoms with Gasteiger partial charge >= 0.3 is 0 Å². The van der Waals surface area contributed by atoms with E-state index in [-0.39, 0.29) is 21.2 Å². The van der Waals surface area contributed by atoms with E-state index in [9.17, 15) is 18.8 Å². The first kappa shape index (κ1) is 15.4. The minimum absolute atomic E-state index is 0.0103. The summed E-state index contributed by atoms with van der Waals surface area (Å²) in [4.78, 5) is 12.3. The van der Waals surface area contributed by atoms with Crippen molar-refractivity contribution in [2.24, 2.45) is 0 Å². The normalized spacial score (nSPS) is 11.8. The van der Waals surface area contributed by atoms with Crippen LogP contribution < -0.4 is 0 Å². The molecule has 0 saturated carbocycles. The topological polar surface area (TPSA) is 40.9 Å². The average molecular weight is 326 g/mol. The van der Waals surface area contributed by atoms with Crippen molar-refractivity contribution in [3.63, 3.8) is 0 Å². The third kappa shape index (κ3) is 3.21. The second-order valence-corrected chi connectivity index (χ2v) is 5.04. The maximum absolute atomic E-state index is 13.4. The van der Waals surface area contributed by atoms with Crippen LogP contribution in [-0.4, -0.2) is 5.78 Å². The third-order valence-electron chi connectivity index (χ3n) is 2.87. The fraction of sp³-hybridized carbons (Fsp3) is 0.0667. The van der Waals surface area contributed by atoms with E-state index in [1.54, 1.807) is 6.07 Å². The van der Waals surface area contributed by atoms with Gasteiger partial charge in [0.15, 0.2) is 5.78 Å². The van der Waals surface area contributed by atoms with Crippen LogP contribution in [0.5, 0.6) is 0 Å². The molecule has 0 aliphatic carbocycles. The number of nitrogens with zero attached hydrogens (tertiary/aromatic N) is 1. The minimum Gasteiger partial charge on any atom is -0.292 e. The Balaban J connectivity index is 2.43. The van der Waals surface area contributed by atoms with Gasteiger partial charge in [0, 0.05) is 10.6 Å². The molecular formula is C15H7Cl2F2NO. The second-order valence-electron chi connectivity index (χ2n) is 4.22. The summed E-state index contributed by atoms with van der Waals surface area (Å²) in [5.74, 6) is -3.23. The highest BCUT2D eigenvalue weighted by atomic mass is 35.5. The Bertz CT molecular complexity index is 756. The lowest BCUT2D eigenvalue weighted by Crippen LogP contribution is -2.12. The lowest BCUT2D eigenvalue weighted by Gasteiger charge is -2.11. The van der Waals surface area contributed by atoms with Crippen LogP contribution in [0.2, 0.25) is 10.0 Å². The van der Waals surface area contributed by atoms with Crippen LogP contribution in [0.3, 0.4) is 0 Å². The first-order valence-electron chi connectivity index (χ1n) is 5.78. The zero-order chi connectivity index (χ0) is 15.6. The number of halogens is 4. The summed E-state index contributed by atoms with van der Waals surface area (Å²) in [6.07, 6.45) is 0. The Hall–Kier alpha value is -1.96. The molecule has 2 aromatic rings. The predicted octanol–water partition coefficient (Wildman–Crippen LogP) is 4.76. The summed E-state index contributed by atoms with van der Waals surface area (Å²) >= 11 is 11.4. The Labute approximate surface area is 129 Å². The van der Waals surface area contributed by atoms with Crippen molar-refractivity contribution >= 4 is 29.0 Å². The van der Waals surface area contributed by atoms with Gasteiger partial charge in [-0.15, -0.1) is 0 Å². The van der Waals surface area contributed by atoms with Crippen LogP contribution in [-0.2, 0) is 0 Å². The second kappa shape index (κ2) is 6.21. The number of hydrogen-bond donors (Lipinski definition) is 0. The highest BCUT2D eigenvalue weighted by Gasteiger charge is 2.24. The molecule has 6 heteroatoms. The zero-order valence-electron chi connectivity index (χ0n) is 10.4. The number of ketones is 1. The van der Waals surface area contributed by atoms with E-state index in [1.807, 2.05) is 0 Å². The molecule has 1 atom stereocenters. The van der Waals surface area contributed by atoms with Gasteiger partial charge in [-0.1, -0.05) is 29.3 Å². The van der Waals surface area contributed by atoms with Crippen molar-refractivity contribution in [2.75, 3.05) is 0 Å². The van der Waals surface area contributed by atoms with Crippen LogP contribution in [0.25, 0.3) is 0 Å². The van der Waals surface area contributed by atoms with E-state index in [4.69, 9.17) is 23.2 Å². The lowest BCUT2D eigenvalue weighted by molar-refractivity contribution is 0.0978. The van der Waals surface area contributed by atoms with Gasteiger partial charge in [0.2, 0.25) is 0 Å². The number of carbonyl (C=O) groups is 1. The quantitative estimate of drug-likeness (QED) is 0.763. The maximum Gasteiger partial charge on any atom is 0.184 e. The highest BCUT2D eigenvalue weighted by Crippen LogP contribution is 2.28. The molecule has 106 valence electrons. The molecule has 2 aromatic carbocycles. The van der Waals surface area contributed by atoms with Crippen LogP contribution in [0.4, 0.5) is 8.78 Å². The molecule has 0 N–H and O–H groups in total. The van der Waals surface area contributed by atoms with Gasteiger partial charge in [0.1, 0.15) is 17.6 Å². The van der Waals surface area contributed by atoms with Gasteiger partial charge in [0.25, 0.3) is 0 Å². The molecule has 0 saturated heterocycles. The summed E-state index contributed by atoms with van der Waals surface area (Å²) in [6.45, 7) is 0. The van der Waals surface area contributed by atoms with Gasteiger partial charge in [-0.25, -0.2) is 8.78 Å². The molecule has 0 aliphatic rings. The first-order valence-corrected chi connectivity index (χ1v) is 6.53. The van der Waals surface area contributed by atoms with Gasteiger partial charge < -0.3 is 0 Å². The summed E-state index contributed by atoms with van der Waals surface area (Å²) in [5, 5.41) is 9.02. The minimum atomic E-state index is -1.25. The van der Waals surface area contributed by atoms with Crippen molar-refractivity contribution in [3.05, 3.63) is 69.2 Å². The molecule has 0 aliphatic heterocycles. The maximum atomic E-state index is 13.4. The Kier molecular flexibility index (Phi) is 4.56. The molecule has 0 aromatic heterocycles. The van der Waals surface area contributed by atoms with Crippen LogP contribution >= 0.6 is 23.2 Å². The summed E-state index contributed by atoms with van der Waals surface area (Å²) in [5.41, 5.74) is 0.157. The van der Waals surface area contributed by atoms with Gasteiger partial charge in [-0.2, -0.15) is 5.26 Å². The fourth-order valence-corrected chi connectivity index (χ4v) is 2.21. The van der Waals surface area contributed by atoms with Crippen LogP contribution in [0.15, 0.2) is 36.4 Å². The largest absolute Gasteiger partial charge is 0.292 e. The zero-order valence-corrected chi connectivity index (χ0v) is 11.9. The number of hydrogen-bond acceptors (Lipinski definition) is 2. The van der Waals surface area contributed by atoms with Gasteiger partial charge in [-0.3, -0.25) is 4.79 Å². The number of Topliss-reactive ketones (excluding diaryl/α,β-unsaturated/α-hetero) is 1. The molecule has 2 nitrogen and oxygen atoms in total.